The number of carbonyl (C=O) groups is 1. The molecule has 7 heteroatoms. The molecule has 4 rings (SSSR count). The van der Waals surface area contributed by atoms with Gasteiger partial charge in [0.15, 0.2) is 5.78 Å². The van der Waals surface area contributed by atoms with Crippen molar-refractivity contribution >= 4 is 15.8 Å². The highest BCUT2D eigenvalue weighted by Crippen LogP contribution is 2.39. The highest BCUT2D eigenvalue weighted by Gasteiger charge is 2.43. The standard InChI is InChI=1S/C19H20N2O4S/c22-17-13-19(25-18-7-2-1-6-16(17)18)8-4-11-21(12-9-19)26(23,24)15-5-3-10-20-14-15/h1-3,5-7,10,14H,4,8-9,11-13H2. The van der Waals surface area contributed by atoms with Crippen molar-refractivity contribution in [3.8, 4) is 5.75 Å². The number of ether oxygens (including phenoxy) is 1. The Morgan fingerprint density at radius 1 is 1.08 bits per heavy atom. The SMILES string of the molecule is O=C1CC2(CCCN(S(=O)(=O)c3cccnc3)CC2)Oc2ccccc21. The summed E-state index contributed by atoms with van der Waals surface area (Å²) in [5.41, 5.74) is -0.00724. The van der Waals surface area contributed by atoms with Crippen molar-refractivity contribution in [2.24, 2.45) is 0 Å². The van der Waals surface area contributed by atoms with Gasteiger partial charge in [0.1, 0.15) is 16.2 Å². The number of pyridine rings is 1. The molecule has 6 nitrogen and oxygen atoms in total. The highest BCUT2D eigenvalue weighted by atomic mass is 32.2. The maximum atomic E-state index is 12.9. The molecule has 0 radical (unpaired) electrons. The van der Waals surface area contributed by atoms with E-state index in [-0.39, 0.29) is 10.7 Å². The average Bonchev–Trinajstić information content (AvgIpc) is 2.85. The van der Waals surface area contributed by atoms with Crippen molar-refractivity contribution in [3.05, 3.63) is 54.4 Å². The molecule has 0 saturated carbocycles. The predicted molar refractivity (Wildman–Crippen MR) is 95.6 cm³/mol. The number of nitrogens with zero attached hydrogens (tertiary/aromatic N) is 2. The summed E-state index contributed by atoms with van der Waals surface area (Å²) in [7, 11) is -3.58. The fourth-order valence-corrected chi connectivity index (χ4v) is 5.20. The van der Waals surface area contributed by atoms with Gasteiger partial charge in [0.05, 0.1) is 12.0 Å². The van der Waals surface area contributed by atoms with Gasteiger partial charge in [-0.2, -0.15) is 4.31 Å². The fourth-order valence-electron chi connectivity index (χ4n) is 3.75. The van der Waals surface area contributed by atoms with Crippen molar-refractivity contribution in [2.45, 2.75) is 36.2 Å². The zero-order valence-electron chi connectivity index (χ0n) is 14.3. The normalized spacial score (nSPS) is 23.9. The number of hydrogen-bond donors (Lipinski definition) is 0. The maximum Gasteiger partial charge on any atom is 0.244 e. The van der Waals surface area contributed by atoms with Crippen LogP contribution in [0.25, 0.3) is 0 Å². The van der Waals surface area contributed by atoms with E-state index in [0.29, 0.717) is 50.1 Å². The lowest BCUT2D eigenvalue weighted by molar-refractivity contribution is 0.0312. The van der Waals surface area contributed by atoms with E-state index < -0.39 is 15.6 Å². The smallest absolute Gasteiger partial charge is 0.244 e. The first-order valence-electron chi connectivity index (χ1n) is 8.72. The number of fused-ring (bicyclic) bond motifs is 1. The first-order chi connectivity index (χ1) is 12.5. The minimum absolute atomic E-state index is 0.0652. The summed E-state index contributed by atoms with van der Waals surface area (Å²) in [4.78, 5) is 16.7. The lowest BCUT2D eigenvalue weighted by atomic mass is 9.84. The van der Waals surface area contributed by atoms with E-state index >= 15 is 0 Å². The molecule has 2 aromatic rings. The molecule has 1 aromatic heterocycles. The van der Waals surface area contributed by atoms with Gasteiger partial charge in [-0.1, -0.05) is 12.1 Å². The summed E-state index contributed by atoms with van der Waals surface area (Å²) >= 11 is 0. The van der Waals surface area contributed by atoms with E-state index in [9.17, 15) is 13.2 Å². The summed E-state index contributed by atoms with van der Waals surface area (Å²) in [5, 5.41) is 0. The number of sulfonamides is 1. The summed E-state index contributed by atoms with van der Waals surface area (Å²) in [6, 6.07) is 10.4. The third kappa shape index (κ3) is 3.01. The third-order valence-electron chi connectivity index (χ3n) is 5.13. The molecule has 0 aliphatic carbocycles. The molecule has 136 valence electrons. The molecule has 0 amide bonds. The largest absolute Gasteiger partial charge is 0.486 e. The number of para-hydroxylation sites is 1. The molecule has 1 unspecified atom stereocenters. The average molecular weight is 372 g/mol. The molecule has 1 atom stereocenters. The Labute approximate surface area is 152 Å². The zero-order chi connectivity index (χ0) is 18.2. The number of aromatic nitrogens is 1. The Balaban J connectivity index is 1.57. The van der Waals surface area contributed by atoms with Crippen molar-refractivity contribution in [1.29, 1.82) is 0 Å². The molecule has 26 heavy (non-hydrogen) atoms. The van der Waals surface area contributed by atoms with Gasteiger partial charge in [0.2, 0.25) is 10.0 Å². The van der Waals surface area contributed by atoms with Crippen LogP contribution >= 0.6 is 0 Å². The van der Waals surface area contributed by atoms with Crippen LogP contribution in [0.15, 0.2) is 53.7 Å². The molecule has 0 N–H and O–H groups in total. The van der Waals surface area contributed by atoms with Gasteiger partial charge < -0.3 is 4.74 Å². The van der Waals surface area contributed by atoms with Gasteiger partial charge in [0, 0.05) is 31.9 Å². The van der Waals surface area contributed by atoms with Gasteiger partial charge >= 0.3 is 0 Å². The first kappa shape index (κ1) is 17.2. The van der Waals surface area contributed by atoms with Gasteiger partial charge in [0.25, 0.3) is 0 Å². The van der Waals surface area contributed by atoms with E-state index in [1.54, 1.807) is 24.4 Å². The molecule has 2 aliphatic rings. The van der Waals surface area contributed by atoms with Crippen LogP contribution in [0.3, 0.4) is 0 Å². The Morgan fingerprint density at radius 3 is 2.73 bits per heavy atom. The molecule has 1 fully saturated rings. The Hall–Kier alpha value is -2.25. The summed E-state index contributed by atoms with van der Waals surface area (Å²) in [6.45, 7) is 0.741. The lowest BCUT2D eigenvalue weighted by Crippen LogP contribution is -2.43. The molecular formula is C19H20N2O4S. The zero-order valence-corrected chi connectivity index (χ0v) is 15.1. The van der Waals surface area contributed by atoms with E-state index in [2.05, 4.69) is 4.98 Å². The van der Waals surface area contributed by atoms with E-state index in [4.69, 9.17) is 4.74 Å². The minimum atomic E-state index is -3.58. The summed E-state index contributed by atoms with van der Waals surface area (Å²) in [6.07, 6.45) is 5.01. The van der Waals surface area contributed by atoms with Crippen LogP contribution in [0.2, 0.25) is 0 Å². The number of hydrogen-bond acceptors (Lipinski definition) is 5. The Bertz CT molecular complexity index is 930. The second-order valence-corrected chi connectivity index (χ2v) is 8.77. The molecule has 3 heterocycles. The highest BCUT2D eigenvalue weighted by molar-refractivity contribution is 7.89. The fraction of sp³-hybridized carbons (Fsp3) is 0.368. The summed E-state index contributed by atoms with van der Waals surface area (Å²) < 4.78 is 33.4. The van der Waals surface area contributed by atoms with E-state index in [0.717, 1.165) is 0 Å². The van der Waals surface area contributed by atoms with Crippen LogP contribution in [-0.4, -0.2) is 42.2 Å². The van der Waals surface area contributed by atoms with Crippen LogP contribution in [0.4, 0.5) is 0 Å². The van der Waals surface area contributed by atoms with Gasteiger partial charge in [-0.15, -0.1) is 0 Å². The summed E-state index contributed by atoms with van der Waals surface area (Å²) in [5.74, 6) is 0.669. The third-order valence-corrected chi connectivity index (χ3v) is 7.01. The van der Waals surface area contributed by atoms with Crippen molar-refractivity contribution in [3.63, 3.8) is 0 Å². The second-order valence-electron chi connectivity index (χ2n) is 6.83. The molecule has 1 aromatic carbocycles. The van der Waals surface area contributed by atoms with E-state index in [1.165, 1.54) is 10.5 Å². The van der Waals surface area contributed by atoms with Crippen LogP contribution in [-0.2, 0) is 10.0 Å². The number of benzene rings is 1. The molecule has 0 bridgehead atoms. The molecule has 1 saturated heterocycles. The van der Waals surface area contributed by atoms with Crippen molar-refractivity contribution in [2.75, 3.05) is 13.1 Å². The second kappa shape index (κ2) is 6.48. The van der Waals surface area contributed by atoms with Gasteiger partial charge in [-0.05, 0) is 37.1 Å². The minimum Gasteiger partial charge on any atom is -0.486 e. The first-order valence-corrected chi connectivity index (χ1v) is 10.2. The molecule has 2 aliphatic heterocycles. The molecular weight excluding hydrogens is 352 g/mol. The van der Waals surface area contributed by atoms with Crippen molar-refractivity contribution in [1.82, 2.24) is 9.29 Å². The van der Waals surface area contributed by atoms with Gasteiger partial charge in [-0.25, -0.2) is 8.42 Å². The number of ketones is 1. The topological polar surface area (TPSA) is 76.6 Å². The van der Waals surface area contributed by atoms with Crippen LogP contribution in [0.5, 0.6) is 5.75 Å². The number of carbonyl (C=O) groups excluding carboxylic acids is 1. The monoisotopic (exact) mass is 372 g/mol. The van der Waals surface area contributed by atoms with Crippen molar-refractivity contribution < 1.29 is 17.9 Å². The number of rotatable bonds is 2. The van der Waals surface area contributed by atoms with E-state index in [1.807, 2.05) is 18.2 Å². The van der Waals surface area contributed by atoms with Crippen LogP contribution in [0, 0.1) is 0 Å². The predicted octanol–water partition coefficient (Wildman–Crippen LogP) is 2.66. The lowest BCUT2D eigenvalue weighted by Gasteiger charge is -2.37. The quantitative estimate of drug-likeness (QED) is 0.810. The molecule has 1 spiro atoms. The number of Topliss-reactive ketones (excluding diaryl/α,β-unsaturated/α-hetero) is 1. The van der Waals surface area contributed by atoms with Crippen LogP contribution < -0.4 is 4.74 Å². The van der Waals surface area contributed by atoms with Gasteiger partial charge in [-0.3, -0.25) is 9.78 Å². The maximum absolute atomic E-state index is 12.9. The Morgan fingerprint density at radius 2 is 1.92 bits per heavy atom. The van der Waals surface area contributed by atoms with Crippen LogP contribution in [0.1, 0.15) is 36.0 Å². The Kier molecular flexibility index (Phi) is 4.28.